The maximum absolute atomic E-state index is 13.3. The molecule has 1 aromatic heterocycles. The fourth-order valence-corrected chi connectivity index (χ4v) is 5.23. The van der Waals surface area contributed by atoms with Gasteiger partial charge >= 0.3 is 0 Å². The van der Waals surface area contributed by atoms with Gasteiger partial charge in [0, 0.05) is 34.2 Å². The third-order valence-electron chi connectivity index (χ3n) is 4.86. The Morgan fingerprint density at radius 1 is 1.19 bits per heavy atom. The first kappa shape index (κ1) is 17.7. The van der Waals surface area contributed by atoms with E-state index in [1.165, 1.54) is 10.9 Å². The molecule has 0 saturated heterocycles. The Labute approximate surface area is 162 Å². The fraction of sp³-hybridized carbons (Fsp3) is 0.286. The summed E-state index contributed by atoms with van der Waals surface area (Å²) in [6.07, 6.45) is 1.14. The number of para-hydroxylation sites is 1. The van der Waals surface area contributed by atoms with Gasteiger partial charge < -0.3 is 4.90 Å². The predicted molar refractivity (Wildman–Crippen MR) is 110 cm³/mol. The lowest BCUT2D eigenvalue weighted by Crippen LogP contribution is -2.23. The SMILES string of the molecule is CN(C)CC1CCSc2c1c1ccccc1n2C(=O)c1ccc(Cl)cc1. The van der Waals surface area contributed by atoms with Crippen LogP contribution in [0.4, 0.5) is 0 Å². The molecule has 2 heterocycles. The van der Waals surface area contributed by atoms with Crippen molar-refractivity contribution in [1.82, 2.24) is 9.47 Å². The van der Waals surface area contributed by atoms with Gasteiger partial charge in [-0.05, 0) is 56.4 Å². The molecule has 1 aliphatic rings. The minimum absolute atomic E-state index is 0.0112. The molecule has 5 heteroatoms. The van der Waals surface area contributed by atoms with E-state index in [2.05, 4.69) is 37.2 Å². The number of nitrogens with zero attached hydrogens (tertiary/aromatic N) is 2. The van der Waals surface area contributed by atoms with E-state index in [9.17, 15) is 4.79 Å². The number of aromatic nitrogens is 1. The predicted octanol–water partition coefficient (Wildman–Crippen LogP) is 5.12. The smallest absolute Gasteiger partial charge is 0.263 e. The van der Waals surface area contributed by atoms with Gasteiger partial charge in [-0.25, -0.2) is 0 Å². The van der Waals surface area contributed by atoms with Crippen LogP contribution in [0, 0.1) is 0 Å². The third-order valence-corrected chi connectivity index (χ3v) is 6.23. The van der Waals surface area contributed by atoms with Gasteiger partial charge in [-0.1, -0.05) is 29.8 Å². The molecule has 0 spiro atoms. The Morgan fingerprint density at radius 3 is 2.65 bits per heavy atom. The van der Waals surface area contributed by atoms with Crippen molar-refractivity contribution < 1.29 is 4.79 Å². The lowest BCUT2D eigenvalue weighted by atomic mass is 9.95. The van der Waals surface area contributed by atoms with Crippen molar-refractivity contribution in [1.29, 1.82) is 0 Å². The molecule has 26 heavy (non-hydrogen) atoms. The topological polar surface area (TPSA) is 25.2 Å². The van der Waals surface area contributed by atoms with E-state index in [0.29, 0.717) is 16.5 Å². The Balaban J connectivity index is 1.90. The zero-order chi connectivity index (χ0) is 18.3. The lowest BCUT2D eigenvalue weighted by molar-refractivity contribution is 0.0956. The number of hydrogen-bond donors (Lipinski definition) is 0. The summed E-state index contributed by atoms with van der Waals surface area (Å²) in [7, 11) is 4.22. The van der Waals surface area contributed by atoms with Gasteiger partial charge in [-0.2, -0.15) is 0 Å². The summed E-state index contributed by atoms with van der Waals surface area (Å²) < 4.78 is 1.90. The van der Waals surface area contributed by atoms with Crippen molar-refractivity contribution >= 4 is 40.2 Å². The summed E-state index contributed by atoms with van der Waals surface area (Å²) in [5.41, 5.74) is 2.98. The standard InChI is InChI=1S/C21H21ClN2OS/c1-23(2)13-15-11-12-26-21-19(15)17-5-3-4-6-18(17)24(21)20(25)14-7-9-16(22)10-8-14/h3-10,15H,11-13H2,1-2H3. The molecule has 0 N–H and O–H groups in total. The maximum atomic E-state index is 13.3. The molecule has 1 unspecified atom stereocenters. The summed E-state index contributed by atoms with van der Waals surface area (Å²) in [4.78, 5) is 15.6. The Hall–Kier alpha value is -1.75. The van der Waals surface area contributed by atoms with Crippen LogP contribution in [0.25, 0.3) is 10.9 Å². The third kappa shape index (κ3) is 3.07. The second-order valence-corrected chi connectivity index (χ2v) is 8.50. The van der Waals surface area contributed by atoms with E-state index in [4.69, 9.17) is 11.6 Å². The van der Waals surface area contributed by atoms with E-state index in [-0.39, 0.29) is 5.91 Å². The average molecular weight is 385 g/mol. The normalized spacial score (nSPS) is 16.8. The second-order valence-electron chi connectivity index (χ2n) is 6.98. The number of thioether (sulfide) groups is 1. The molecule has 3 nitrogen and oxygen atoms in total. The average Bonchev–Trinajstić information content (AvgIpc) is 2.96. The molecule has 0 amide bonds. The molecule has 1 aliphatic heterocycles. The first-order valence-corrected chi connectivity index (χ1v) is 10.1. The van der Waals surface area contributed by atoms with Crippen molar-refractivity contribution in [3.63, 3.8) is 0 Å². The summed E-state index contributed by atoms with van der Waals surface area (Å²) in [5, 5.41) is 2.94. The van der Waals surface area contributed by atoms with Crippen LogP contribution in [0.1, 0.15) is 28.3 Å². The molecule has 0 aliphatic carbocycles. The molecule has 4 rings (SSSR count). The summed E-state index contributed by atoms with van der Waals surface area (Å²) in [6.45, 7) is 0.997. The van der Waals surface area contributed by atoms with Crippen molar-refractivity contribution in [3.05, 3.63) is 64.7 Å². The van der Waals surface area contributed by atoms with Crippen LogP contribution in [0.5, 0.6) is 0 Å². The van der Waals surface area contributed by atoms with Crippen LogP contribution >= 0.6 is 23.4 Å². The van der Waals surface area contributed by atoms with Crippen LogP contribution in [0.2, 0.25) is 5.02 Å². The quantitative estimate of drug-likeness (QED) is 0.626. The van der Waals surface area contributed by atoms with Crippen LogP contribution < -0.4 is 0 Å². The Morgan fingerprint density at radius 2 is 1.92 bits per heavy atom. The lowest BCUT2D eigenvalue weighted by Gasteiger charge is -2.26. The molecule has 0 radical (unpaired) electrons. The molecule has 3 aromatic rings. The Bertz CT molecular complexity index is 962. The number of carbonyl (C=O) groups excluding carboxylic acids is 1. The van der Waals surface area contributed by atoms with Gasteiger partial charge in [0.05, 0.1) is 10.5 Å². The number of halogens is 1. The number of rotatable bonds is 3. The fourth-order valence-electron chi connectivity index (χ4n) is 3.77. The van der Waals surface area contributed by atoms with E-state index in [1.807, 2.05) is 10.6 Å². The van der Waals surface area contributed by atoms with Crippen molar-refractivity contribution in [2.75, 3.05) is 26.4 Å². The van der Waals surface area contributed by atoms with E-state index >= 15 is 0 Å². The van der Waals surface area contributed by atoms with Crippen LogP contribution in [0.3, 0.4) is 0 Å². The highest BCUT2D eigenvalue weighted by Crippen LogP contribution is 2.44. The Kier molecular flexibility index (Phi) is 4.82. The zero-order valence-electron chi connectivity index (χ0n) is 14.9. The van der Waals surface area contributed by atoms with Gasteiger partial charge in [0.25, 0.3) is 5.91 Å². The van der Waals surface area contributed by atoms with E-state index in [1.54, 1.807) is 36.0 Å². The van der Waals surface area contributed by atoms with Crippen molar-refractivity contribution in [2.45, 2.75) is 17.4 Å². The highest BCUT2D eigenvalue weighted by atomic mass is 35.5. The summed E-state index contributed by atoms with van der Waals surface area (Å²) in [5.74, 6) is 1.50. The zero-order valence-corrected chi connectivity index (χ0v) is 16.5. The molecule has 0 saturated carbocycles. The molecule has 1 atom stereocenters. The van der Waals surface area contributed by atoms with Crippen LogP contribution in [0.15, 0.2) is 53.6 Å². The summed E-state index contributed by atoms with van der Waals surface area (Å²) in [6, 6.07) is 15.4. The number of benzene rings is 2. The maximum Gasteiger partial charge on any atom is 0.263 e. The number of carbonyl (C=O) groups is 1. The van der Waals surface area contributed by atoms with E-state index < -0.39 is 0 Å². The number of fused-ring (bicyclic) bond motifs is 3. The molecule has 0 fully saturated rings. The molecular weight excluding hydrogens is 364 g/mol. The molecule has 134 valence electrons. The molecule has 0 bridgehead atoms. The number of hydrogen-bond acceptors (Lipinski definition) is 3. The number of likely N-dealkylation sites (N-methyl/N-ethyl adjacent to an activating group) is 1. The van der Waals surface area contributed by atoms with Gasteiger partial charge in [0.2, 0.25) is 0 Å². The van der Waals surface area contributed by atoms with E-state index in [0.717, 1.165) is 29.3 Å². The van der Waals surface area contributed by atoms with Crippen molar-refractivity contribution in [2.24, 2.45) is 0 Å². The summed E-state index contributed by atoms with van der Waals surface area (Å²) >= 11 is 7.79. The largest absolute Gasteiger partial charge is 0.309 e. The van der Waals surface area contributed by atoms with Crippen LogP contribution in [-0.2, 0) is 0 Å². The highest BCUT2D eigenvalue weighted by Gasteiger charge is 2.30. The second kappa shape index (κ2) is 7.10. The van der Waals surface area contributed by atoms with Gasteiger partial charge in [-0.3, -0.25) is 9.36 Å². The molecular formula is C21H21ClN2OS. The first-order chi connectivity index (χ1) is 12.6. The van der Waals surface area contributed by atoms with Gasteiger partial charge in [0.15, 0.2) is 0 Å². The minimum atomic E-state index is 0.0112. The van der Waals surface area contributed by atoms with Crippen molar-refractivity contribution in [3.8, 4) is 0 Å². The first-order valence-electron chi connectivity index (χ1n) is 8.77. The minimum Gasteiger partial charge on any atom is -0.309 e. The van der Waals surface area contributed by atoms with Gasteiger partial charge in [-0.15, -0.1) is 11.8 Å². The van der Waals surface area contributed by atoms with Gasteiger partial charge in [0.1, 0.15) is 0 Å². The highest BCUT2D eigenvalue weighted by molar-refractivity contribution is 7.99. The molecule has 2 aromatic carbocycles. The monoisotopic (exact) mass is 384 g/mol. The van der Waals surface area contributed by atoms with Crippen LogP contribution in [-0.4, -0.2) is 41.8 Å².